The number of hydrogen-bond acceptors (Lipinski definition) is 6. The first-order valence-corrected chi connectivity index (χ1v) is 11.0. The van der Waals surface area contributed by atoms with Gasteiger partial charge in [-0.3, -0.25) is 4.90 Å². The number of amides is 1. The number of likely N-dealkylation sites (N-methyl/N-ethyl adjacent to an activating group) is 1. The minimum atomic E-state index is -4.42. The molecule has 1 rings (SSSR count). The number of hydrogen-bond donors (Lipinski definition) is 0. The lowest BCUT2D eigenvalue weighted by atomic mass is 10.1. The summed E-state index contributed by atoms with van der Waals surface area (Å²) in [5.41, 5.74) is -0.0428. The summed E-state index contributed by atoms with van der Waals surface area (Å²) in [5, 5.41) is 0. The van der Waals surface area contributed by atoms with Crippen LogP contribution in [0.25, 0.3) is 0 Å². The predicted molar refractivity (Wildman–Crippen MR) is 116 cm³/mol. The molecule has 1 aromatic carbocycles. The van der Waals surface area contributed by atoms with Crippen molar-refractivity contribution in [1.82, 2.24) is 4.90 Å². The van der Waals surface area contributed by atoms with Crippen molar-refractivity contribution in [3.8, 4) is 0 Å². The van der Waals surface area contributed by atoms with Crippen molar-refractivity contribution in [2.45, 2.75) is 56.4 Å². The maximum atomic E-state index is 13.8. The van der Waals surface area contributed by atoms with Gasteiger partial charge < -0.3 is 9.47 Å². The third-order valence-corrected chi connectivity index (χ3v) is 6.64. The summed E-state index contributed by atoms with van der Waals surface area (Å²) in [6.07, 6.45) is 3.10. The van der Waals surface area contributed by atoms with Crippen molar-refractivity contribution >= 4 is 21.9 Å². The van der Waals surface area contributed by atoms with Gasteiger partial charge in [0.1, 0.15) is 5.60 Å². The van der Waals surface area contributed by atoms with Gasteiger partial charge in [0.05, 0.1) is 11.5 Å². The molecule has 0 saturated carbocycles. The van der Waals surface area contributed by atoms with Gasteiger partial charge in [-0.25, -0.2) is 18.0 Å². The van der Waals surface area contributed by atoms with Crippen LogP contribution in [0.2, 0.25) is 0 Å². The van der Waals surface area contributed by atoms with Crippen LogP contribution < -0.4 is 0 Å². The van der Waals surface area contributed by atoms with Gasteiger partial charge in [-0.1, -0.05) is 42.5 Å². The molecule has 0 aromatic heterocycles. The van der Waals surface area contributed by atoms with E-state index >= 15 is 0 Å². The van der Waals surface area contributed by atoms with Gasteiger partial charge >= 0.3 is 12.1 Å². The first-order valence-electron chi connectivity index (χ1n) is 9.56. The molecule has 166 valence electrons. The van der Waals surface area contributed by atoms with E-state index in [4.69, 9.17) is 9.47 Å². The minimum Gasteiger partial charge on any atom is -0.463 e. The number of carbonyl (C=O) groups excluding carboxylic acids is 2. The van der Waals surface area contributed by atoms with Crippen LogP contribution in [-0.2, 0) is 24.1 Å². The Balaban J connectivity index is 3.78. The van der Waals surface area contributed by atoms with E-state index in [9.17, 15) is 18.0 Å². The van der Waals surface area contributed by atoms with Gasteiger partial charge in [0, 0.05) is 13.5 Å². The molecule has 30 heavy (non-hydrogen) atoms. The van der Waals surface area contributed by atoms with Crippen molar-refractivity contribution < 1.29 is 27.5 Å². The zero-order valence-corrected chi connectivity index (χ0v) is 19.3. The van der Waals surface area contributed by atoms with Crippen molar-refractivity contribution in [1.29, 1.82) is 0 Å². The summed E-state index contributed by atoms with van der Waals surface area (Å²) in [7, 11) is -3.20. The summed E-state index contributed by atoms with van der Waals surface area (Å²) >= 11 is 0. The summed E-state index contributed by atoms with van der Waals surface area (Å²) in [6.45, 7) is 11.8. The Morgan fingerprint density at radius 1 is 1.17 bits per heavy atom. The van der Waals surface area contributed by atoms with Gasteiger partial charge in [0.15, 0.2) is 0 Å². The standard InChI is InChI=1S/C22H31NO6S/c1-8-10-11-16-22(19(24)28-9-2,23(7)20(25)29-21(4,5)6)30(26,27)18-14-12-17(3)13-15-18/h8,10-15H,1,9,16H2,2-7H3/b11-10+. The molecule has 0 saturated heterocycles. The Bertz CT molecular complexity index is 897. The van der Waals surface area contributed by atoms with Gasteiger partial charge in [0.2, 0.25) is 9.84 Å². The molecular weight excluding hydrogens is 406 g/mol. The molecule has 0 aliphatic carbocycles. The SMILES string of the molecule is C=C/C=C/CC(C(=O)OCC)(N(C)C(=O)OC(C)(C)C)S(=O)(=O)c1ccc(C)cc1. The fraction of sp³-hybridized carbons (Fsp3) is 0.455. The second kappa shape index (κ2) is 9.93. The molecule has 0 fully saturated rings. The molecule has 1 aromatic rings. The lowest BCUT2D eigenvalue weighted by Crippen LogP contribution is -2.61. The van der Waals surface area contributed by atoms with Crippen LogP contribution in [0.1, 0.15) is 39.7 Å². The smallest absolute Gasteiger partial charge is 0.411 e. The average Bonchev–Trinajstić information content (AvgIpc) is 2.63. The van der Waals surface area contributed by atoms with Crippen molar-refractivity contribution in [2.24, 2.45) is 0 Å². The third kappa shape index (κ3) is 5.50. The van der Waals surface area contributed by atoms with E-state index in [2.05, 4.69) is 6.58 Å². The van der Waals surface area contributed by atoms with E-state index in [-0.39, 0.29) is 17.9 Å². The largest absolute Gasteiger partial charge is 0.463 e. The number of nitrogens with zero attached hydrogens (tertiary/aromatic N) is 1. The number of sulfone groups is 1. The van der Waals surface area contributed by atoms with E-state index < -0.39 is 32.4 Å². The molecule has 0 N–H and O–H groups in total. The van der Waals surface area contributed by atoms with Crippen LogP contribution in [0.3, 0.4) is 0 Å². The van der Waals surface area contributed by atoms with E-state index in [0.717, 1.165) is 10.5 Å². The monoisotopic (exact) mass is 437 g/mol. The van der Waals surface area contributed by atoms with E-state index in [1.54, 1.807) is 39.8 Å². The van der Waals surface area contributed by atoms with Crippen LogP contribution in [0.4, 0.5) is 4.79 Å². The molecule has 1 atom stereocenters. The number of rotatable bonds is 8. The average molecular weight is 438 g/mol. The Kier molecular flexibility index (Phi) is 8.42. The highest BCUT2D eigenvalue weighted by Gasteiger charge is 2.58. The molecule has 8 heteroatoms. The third-order valence-electron chi connectivity index (χ3n) is 4.25. The molecule has 0 aliphatic heterocycles. The Morgan fingerprint density at radius 3 is 2.20 bits per heavy atom. The molecule has 0 aliphatic rings. The first kappa shape index (κ1) is 25.4. The summed E-state index contributed by atoms with van der Waals surface area (Å²) in [6, 6.07) is 6.04. The maximum Gasteiger partial charge on any atom is 0.411 e. The number of benzene rings is 1. The van der Waals surface area contributed by atoms with Crippen LogP contribution in [0.15, 0.2) is 54.0 Å². The fourth-order valence-corrected chi connectivity index (χ4v) is 4.63. The molecule has 1 unspecified atom stereocenters. The molecule has 1 amide bonds. The summed E-state index contributed by atoms with van der Waals surface area (Å²) in [4.78, 5) is 24.3. The minimum absolute atomic E-state index is 0.0582. The van der Waals surface area contributed by atoms with E-state index in [1.165, 1.54) is 37.4 Å². The number of aryl methyl sites for hydroxylation is 1. The number of carbonyl (C=O) groups is 2. The Labute approximate surface area is 179 Å². The fourth-order valence-electron chi connectivity index (χ4n) is 2.71. The lowest BCUT2D eigenvalue weighted by Gasteiger charge is -2.38. The normalized spacial score (nSPS) is 14.1. The lowest BCUT2D eigenvalue weighted by molar-refractivity contribution is -0.151. The summed E-state index contributed by atoms with van der Waals surface area (Å²) < 4.78 is 38.1. The highest BCUT2D eigenvalue weighted by molar-refractivity contribution is 7.93. The molecule has 0 heterocycles. The summed E-state index contributed by atoms with van der Waals surface area (Å²) in [5.74, 6) is -1.06. The molecular formula is C22H31NO6S. The number of ether oxygens (including phenoxy) is 2. The predicted octanol–water partition coefficient (Wildman–Crippen LogP) is 4.03. The van der Waals surface area contributed by atoms with Crippen molar-refractivity contribution in [3.05, 3.63) is 54.6 Å². The van der Waals surface area contributed by atoms with Crippen LogP contribution >= 0.6 is 0 Å². The molecule has 7 nitrogen and oxygen atoms in total. The van der Waals surface area contributed by atoms with Crippen molar-refractivity contribution in [3.63, 3.8) is 0 Å². The maximum absolute atomic E-state index is 13.8. The van der Waals surface area contributed by atoms with Gasteiger partial charge in [0.25, 0.3) is 4.87 Å². The Morgan fingerprint density at radius 2 is 1.73 bits per heavy atom. The number of allylic oxidation sites excluding steroid dienone is 2. The first-order chi connectivity index (χ1) is 13.8. The topological polar surface area (TPSA) is 90.0 Å². The van der Waals surface area contributed by atoms with E-state index in [1.807, 2.05) is 6.92 Å². The second-order valence-electron chi connectivity index (χ2n) is 7.73. The zero-order valence-electron chi connectivity index (χ0n) is 18.5. The highest BCUT2D eigenvalue weighted by Crippen LogP contribution is 2.35. The van der Waals surface area contributed by atoms with E-state index in [0.29, 0.717) is 0 Å². The van der Waals surface area contributed by atoms with Crippen molar-refractivity contribution in [2.75, 3.05) is 13.7 Å². The quantitative estimate of drug-likeness (QED) is 0.451. The van der Waals surface area contributed by atoms with Crippen LogP contribution in [-0.4, -0.2) is 49.5 Å². The van der Waals surface area contributed by atoms with Gasteiger partial charge in [-0.2, -0.15) is 0 Å². The van der Waals surface area contributed by atoms with Crippen LogP contribution in [0.5, 0.6) is 0 Å². The zero-order chi connectivity index (χ0) is 23.2. The highest BCUT2D eigenvalue weighted by atomic mass is 32.2. The number of esters is 1. The Hall–Kier alpha value is -2.61. The molecule has 0 radical (unpaired) electrons. The molecule has 0 spiro atoms. The van der Waals surface area contributed by atoms with Gasteiger partial charge in [-0.05, 0) is 46.8 Å². The van der Waals surface area contributed by atoms with Gasteiger partial charge in [-0.15, -0.1) is 0 Å². The van der Waals surface area contributed by atoms with Crippen LogP contribution in [0, 0.1) is 6.92 Å². The second-order valence-corrected chi connectivity index (χ2v) is 9.88. The molecule has 0 bridgehead atoms.